The van der Waals surface area contributed by atoms with Crippen LogP contribution in [0.2, 0.25) is 15.1 Å². The Hall–Kier alpha value is -2.41. The van der Waals surface area contributed by atoms with Crippen molar-refractivity contribution >= 4 is 47.0 Å². The van der Waals surface area contributed by atoms with Gasteiger partial charge in [0.1, 0.15) is 18.1 Å². The molecule has 0 saturated heterocycles. The molecule has 6 nitrogen and oxygen atoms in total. The highest BCUT2D eigenvalue weighted by Gasteiger charge is 2.10. The topological polar surface area (TPSA) is 74.7 Å². The second kappa shape index (κ2) is 8.73. The van der Waals surface area contributed by atoms with Crippen LogP contribution in [0.15, 0.2) is 41.6 Å². The van der Waals surface area contributed by atoms with E-state index >= 15 is 0 Å². The molecule has 9 heteroatoms. The van der Waals surface area contributed by atoms with E-state index in [9.17, 15) is 0 Å². The van der Waals surface area contributed by atoms with Gasteiger partial charge in [-0.3, -0.25) is 0 Å². The van der Waals surface area contributed by atoms with Crippen molar-refractivity contribution in [1.29, 1.82) is 0 Å². The molecular formula is C19H17Cl3N4O2. The van der Waals surface area contributed by atoms with Crippen molar-refractivity contribution in [3.8, 4) is 11.5 Å². The average Bonchev–Trinajstić information content (AvgIpc) is 2.99. The van der Waals surface area contributed by atoms with Gasteiger partial charge in [-0.1, -0.05) is 34.8 Å². The van der Waals surface area contributed by atoms with Crippen LogP contribution >= 0.6 is 34.8 Å². The van der Waals surface area contributed by atoms with Crippen LogP contribution in [0.25, 0.3) is 0 Å². The molecule has 28 heavy (non-hydrogen) atoms. The third-order valence-corrected chi connectivity index (χ3v) is 4.85. The Morgan fingerprint density at radius 1 is 1.11 bits per heavy atom. The first-order valence-corrected chi connectivity index (χ1v) is 9.31. The zero-order valence-electron chi connectivity index (χ0n) is 15.1. The predicted molar refractivity (Wildman–Crippen MR) is 113 cm³/mol. The van der Waals surface area contributed by atoms with Crippen LogP contribution in [0.5, 0.6) is 11.5 Å². The molecule has 2 aromatic carbocycles. The van der Waals surface area contributed by atoms with Gasteiger partial charge in [0.25, 0.3) is 0 Å². The van der Waals surface area contributed by atoms with Gasteiger partial charge in [-0.05, 0) is 36.8 Å². The van der Waals surface area contributed by atoms with E-state index in [1.165, 1.54) is 4.68 Å². The van der Waals surface area contributed by atoms with Crippen molar-refractivity contribution in [2.45, 2.75) is 13.5 Å². The minimum absolute atomic E-state index is 0.217. The van der Waals surface area contributed by atoms with Crippen LogP contribution in [-0.2, 0) is 6.61 Å². The lowest BCUT2D eigenvalue weighted by atomic mass is 10.1. The largest absolute Gasteiger partial charge is 0.496 e. The number of anilines is 1. The van der Waals surface area contributed by atoms with E-state index in [1.54, 1.807) is 31.7 Å². The van der Waals surface area contributed by atoms with Gasteiger partial charge in [-0.15, -0.1) is 0 Å². The minimum Gasteiger partial charge on any atom is -0.496 e. The summed E-state index contributed by atoms with van der Waals surface area (Å²) in [4.78, 5) is 4.11. The molecule has 1 aromatic heterocycles. The highest BCUT2D eigenvalue weighted by Crippen LogP contribution is 2.34. The molecular weight excluding hydrogens is 423 g/mol. The molecule has 0 aliphatic rings. The van der Waals surface area contributed by atoms with Crippen molar-refractivity contribution in [2.75, 3.05) is 12.8 Å². The molecule has 0 fully saturated rings. The summed E-state index contributed by atoms with van der Waals surface area (Å²) in [6.45, 7) is 2.06. The molecule has 0 amide bonds. The van der Waals surface area contributed by atoms with Gasteiger partial charge in [-0.2, -0.15) is 5.10 Å². The Bertz CT molecular complexity index is 1030. The molecule has 146 valence electrons. The summed E-state index contributed by atoms with van der Waals surface area (Å²) in [7, 11) is 1.59. The van der Waals surface area contributed by atoms with Gasteiger partial charge in [0.15, 0.2) is 0 Å². The van der Waals surface area contributed by atoms with E-state index in [2.05, 4.69) is 10.1 Å². The lowest BCUT2D eigenvalue weighted by molar-refractivity contribution is 0.297. The first-order chi connectivity index (χ1) is 13.4. The lowest BCUT2D eigenvalue weighted by Gasteiger charge is -2.12. The maximum atomic E-state index is 6.17. The number of halogens is 3. The zero-order chi connectivity index (χ0) is 20.3. The Morgan fingerprint density at radius 3 is 2.54 bits per heavy atom. The van der Waals surface area contributed by atoms with Crippen LogP contribution in [-0.4, -0.2) is 23.0 Å². The molecule has 1 heterocycles. The number of rotatable bonds is 6. The summed E-state index contributed by atoms with van der Waals surface area (Å²) in [5, 5.41) is 5.42. The van der Waals surface area contributed by atoms with E-state index in [-0.39, 0.29) is 6.61 Å². The van der Waals surface area contributed by atoms with Crippen LogP contribution in [0.3, 0.4) is 0 Å². The number of aryl methyl sites for hydroxylation is 1. The molecule has 0 unspecified atom stereocenters. The maximum absolute atomic E-state index is 6.17. The van der Waals surface area contributed by atoms with Gasteiger partial charge in [-0.25, -0.2) is 9.66 Å². The maximum Gasteiger partial charge on any atom is 0.221 e. The molecule has 0 bridgehead atoms. The summed E-state index contributed by atoms with van der Waals surface area (Å²) in [6, 6.07) is 8.72. The third-order valence-electron chi connectivity index (χ3n) is 3.83. The number of aromatic nitrogens is 2. The number of nitrogen functional groups attached to an aromatic ring is 1. The van der Waals surface area contributed by atoms with Gasteiger partial charge in [0.05, 0.1) is 40.3 Å². The van der Waals surface area contributed by atoms with Crippen molar-refractivity contribution < 1.29 is 9.47 Å². The van der Waals surface area contributed by atoms with Crippen LogP contribution < -0.4 is 15.2 Å². The van der Waals surface area contributed by atoms with Gasteiger partial charge < -0.3 is 15.2 Å². The van der Waals surface area contributed by atoms with Crippen LogP contribution in [0, 0.1) is 6.92 Å². The fourth-order valence-corrected chi connectivity index (χ4v) is 3.08. The smallest absolute Gasteiger partial charge is 0.221 e. The predicted octanol–water partition coefficient (Wildman–Crippen LogP) is 5.20. The standard InChI is InChI=1S/C19H17Cl3N4O2/c1-11-9-26(19(23)25-11)24-8-12-3-4-17(27-2)13(5-12)10-28-18-7-15(21)14(20)6-16(18)22/h3-9H,10H2,1-2H3,(H2,23,25). The lowest BCUT2D eigenvalue weighted by Crippen LogP contribution is -2.01. The number of nitrogens with two attached hydrogens (primary N) is 1. The van der Waals surface area contributed by atoms with E-state index in [0.29, 0.717) is 32.5 Å². The van der Waals surface area contributed by atoms with E-state index < -0.39 is 0 Å². The fraction of sp³-hybridized carbons (Fsp3) is 0.158. The highest BCUT2D eigenvalue weighted by molar-refractivity contribution is 6.43. The van der Waals surface area contributed by atoms with E-state index in [0.717, 1.165) is 16.8 Å². The second-order valence-electron chi connectivity index (χ2n) is 5.89. The van der Waals surface area contributed by atoms with Gasteiger partial charge in [0.2, 0.25) is 5.95 Å². The van der Waals surface area contributed by atoms with E-state index in [1.807, 2.05) is 25.1 Å². The second-order valence-corrected chi connectivity index (χ2v) is 7.11. The van der Waals surface area contributed by atoms with Crippen LogP contribution in [0.1, 0.15) is 16.8 Å². The van der Waals surface area contributed by atoms with Gasteiger partial charge >= 0.3 is 0 Å². The Morgan fingerprint density at radius 2 is 1.86 bits per heavy atom. The molecule has 2 N–H and O–H groups in total. The van der Waals surface area contributed by atoms with Crippen molar-refractivity contribution in [1.82, 2.24) is 9.66 Å². The molecule has 0 aliphatic heterocycles. The summed E-state index contributed by atoms with van der Waals surface area (Å²) < 4.78 is 12.7. The number of imidazole rings is 1. The SMILES string of the molecule is COc1ccc(C=Nn2cc(C)nc2N)cc1COc1cc(Cl)c(Cl)cc1Cl. The quantitative estimate of drug-likeness (QED) is 0.423. The number of nitrogens with zero attached hydrogens (tertiary/aromatic N) is 3. The molecule has 0 radical (unpaired) electrons. The molecule has 3 aromatic rings. The first-order valence-electron chi connectivity index (χ1n) is 8.17. The summed E-state index contributed by atoms with van der Waals surface area (Å²) in [5.74, 6) is 1.42. The molecule has 0 saturated carbocycles. The minimum atomic E-state index is 0.217. The average molecular weight is 440 g/mol. The monoisotopic (exact) mass is 438 g/mol. The summed E-state index contributed by atoms with van der Waals surface area (Å²) in [6.07, 6.45) is 3.41. The third kappa shape index (κ3) is 4.70. The van der Waals surface area contributed by atoms with E-state index in [4.69, 9.17) is 50.0 Å². The molecule has 0 aliphatic carbocycles. The number of ether oxygens (including phenoxy) is 2. The first kappa shape index (κ1) is 20.3. The number of hydrogen-bond donors (Lipinski definition) is 1. The number of benzene rings is 2. The highest BCUT2D eigenvalue weighted by atomic mass is 35.5. The normalized spacial score (nSPS) is 11.2. The Balaban J connectivity index is 1.81. The van der Waals surface area contributed by atoms with Crippen LogP contribution in [0.4, 0.5) is 5.95 Å². The van der Waals surface area contributed by atoms with Crippen molar-refractivity contribution in [2.24, 2.45) is 5.10 Å². The number of methoxy groups -OCH3 is 1. The zero-order valence-corrected chi connectivity index (χ0v) is 17.4. The Kier molecular flexibility index (Phi) is 6.34. The molecule has 0 atom stereocenters. The molecule has 3 rings (SSSR count). The van der Waals surface area contributed by atoms with Gasteiger partial charge in [0, 0.05) is 11.6 Å². The number of hydrogen-bond acceptors (Lipinski definition) is 5. The van der Waals surface area contributed by atoms with Crippen molar-refractivity contribution in [3.05, 3.63) is 68.4 Å². The Labute approximate surface area is 177 Å². The molecule has 0 spiro atoms. The summed E-state index contributed by atoms with van der Waals surface area (Å²) >= 11 is 18.1. The van der Waals surface area contributed by atoms with Crippen molar-refractivity contribution in [3.63, 3.8) is 0 Å². The summed E-state index contributed by atoms with van der Waals surface area (Å²) in [5.41, 5.74) is 8.23. The fourth-order valence-electron chi connectivity index (χ4n) is 2.49.